The van der Waals surface area contributed by atoms with E-state index < -0.39 is 0 Å². The van der Waals surface area contributed by atoms with E-state index in [0.717, 1.165) is 43.4 Å². The molecule has 32 heavy (non-hydrogen) atoms. The number of rotatable bonds is 6. The number of amides is 1. The number of H-pyrrole nitrogens is 1. The zero-order chi connectivity index (χ0) is 22.2. The first-order valence-corrected chi connectivity index (χ1v) is 11.7. The van der Waals surface area contributed by atoms with E-state index >= 15 is 0 Å². The van der Waals surface area contributed by atoms with Crippen molar-refractivity contribution in [2.24, 2.45) is 5.92 Å². The van der Waals surface area contributed by atoms with Crippen LogP contribution in [-0.2, 0) is 4.79 Å². The van der Waals surface area contributed by atoms with Gasteiger partial charge in [-0.15, -0.1) is 11.3 Å². The van der Waals surface area contributed by atoms with Crippen LogP contribution in [0.4, 0.5) is 5.95 Å². The average Bonchev–Trinajstić information content (AvgIpc) is 3.53. The minimum atomic E-state index is -0.161. The fraction of sp³-hybridized carbons (Fsp3) is 0.435. The van der Waals surface area contributed by atoms with Crippen LogP contribution in [0.3, 0.4) is 0 Å². The van der Waals surface area contributed by atoms with Crippen molar-refractivity contribution in [1.29, 1.82) is 0 Å². The molecule has 3 heterocycles. The number of nitrogens with one attached hydrogen (secondary N) is 2. The zero-order valence-corrected chi connectivity index (χ0v) is 19.0. The Bertz CT molecular complexity index is 1220. The number of anilines is 1. The molecule has 1 aromatic carbocycles. The molecule has 2 aromatic heterocycles. The van der Waals surface area contributed by atoms with Crippen LogP contribution in [0.5, 0.6) is 11.5 Å². The molecule has 3 aromatic rings. The summed E-state index contributed by atoms with van der Waals surface area (Å²) >= 11 is 1.37. The number of methoxy groups -OCH3 is 2. The van der Waals surface area contributed by atoms with Crippen LogP contribution in [0.2, 0.25) is 0 Å². The van der Waals surface area contributed by atoms with Crippen molar-refractivity contribution < 1.29 is 14.3 Å². The van der Waals surface area contributed by atoms with Gasteiger partial charge in [0, 0.05) is 30.1 Å². The highest BCUT2D eigenvalue weighted by atomic mass is 32.1. The first-order chi connectivity index (χ1) is 15.6. The zero-order valence-electron chi connectivity index (χ0n) is 18.1. The minimum absolute atomic E-state index is 0.0851. The largest absolute Gasteiger partial charge is 0.493 e. The van der Waals surface area contributed by atoms with Crippen LogP contribution in [0.1, 0.15) is 25.7 Å². The number of hydrogen-bond acceptors (Lipinski definition) is 7. The standard InChI is InChI=1S/C23H26N4O4S/c1-30-17-8-5-13(10-18(17)31-2)16-12-32-20-19(16)25-23(26-22(20)29)27-9-3-4-14(11-27)21(28)24-15-6-7-15/h5,8,10,12,14-15H,3-4,6-7,9,11H2,1-2H3,(H,24,28)(H,25,26,29)/t14-/m1/s1. The molecule has 5 rings (SSSR count). The first kappa shape index (κ1) is 20.8. The van der Waals surface area contributed by atoms with Crippen molar-refractivity contribution in [2.45, 2.75) is 31.7 Å². The summed E-state index contributed by atoms with van der Waals surface area (Å²) in [5, 5.41) is 5.05. The Hall–Kier alpha value is -3.07. The molecule has 2 aliphatic rings. The fourth-order valence-corrected chi connectivity index (χ4v) is 5.11. The molecule has 1 atom stereocenters. The number of nitrogens with zero attached hydrogens (tertiary/aromatic N) is 2. The van der Waals surface area contributed by atoms with E-state index in [1.165, 1.54) is 11.3 Å². The second kappa shape index (κ2) is 8.46. The number of hydrogen-bond donors (Lipinski definition) is 2. The number of carbonyl (C=O) groups excluding carboxylic acids is 1. The SMILES string of the molecule is COc1ccc(-c2csc3c(=O)[nH]c(N4CCC[C@@H](C(=O)NC5CC5)C4)nc23)cc1OC. The number of aromatic nitrogens is 2. The lowest BCUT2D eigenvalue weighted by atomic mass is 9.97. The Morgan fingerprint density at radius 3 is 2.78 bits per heavy atom. The van der Waals surface area contributed by atoms with Gasteiger partial charge in [0.25, 0.3) is 5.56 Å². The summed E-state index contributed by atoms with van der Waals surface area (Å²) in [7, 11) is 3.20. The molecule has 1 aliphatic heterocycles. The Balaban J connectivity index is 1.48. The van der Waals surface area contributed by atoms with Crippen LogP contribution < -0.4 is 25.2 Å². The van der Waals surface area contributed by atoms with Gasteiger partial charge in [-0.3, -0.25) is 14.6 Å². The second-order valence-electron chi connectivity index (χ2n) is 8.35. The smallest absolute Gasteiger partial charge is 0.270 e. The lowest BCUT2D eigenvalue weighted by Gasteiger charge is -2.32. The molecule has 1 saturated carbocycles. The van der Waals surface area contributed by atoms with Gasteiger partial charge in [-0.05, 0) is 43.4 Å². The van der Waals surface area contributed by atoms with Crippen LogP contribution in [0.25, 0.3) is 21.3 Å². The number of benzene rings is 1. The lowest BCUT2D eigenvalue weighted by Crippen LogP contribution is -2.44. The monoisotopic (exact) mass is 454 g/mol. The Morgan fingerprint density at radius 1 is 1.22 bits per heavy atom. The van der Waals surface area contributed by atoms with Crippen molar-refractivity contribution >= 4 is 33.4 Å². The highest BCUT2D eigenvalue weighted by Gasteiger charge is 2.31. The number of aromatic amines is 1. The molecular formula is C23H26N4O4S. The van der Waals surface area contributed by atoms with E-state index in [2.05, 4.69) is 10.3 Å². The molecule has 2 N–H and O–H groups in total. The third kappa shape index (κ3) is 3.92. The molecule has 2 fully saturated rings. The molecule has 9 heteroatoms. The minimum Gasteiger partial charge on any atom is -0.493 e. The van der Waals surface area contributed by atoms with Crippen molar-refractivity contribution in [2.75, 3.05) is 32.2 Å². The second-order valence-corrected chi connectivity index (χ2v) is 9.23. The van der Waals surface area contributed by atoms with E-state index in [9.17, 15) is 9.59 Å². The highest BCUT2D eigenvalue weighted by Crippen LogP contribution is 2.37. The molecule has 0 unspecified atom stereocenters. The molecule has 0 bridgehead atoms. The van der Waals surface area contributed by atoms with Crippen molar-refractivity contribution in [3.05, 3.63) is 33.9 Å². The Morgan fingerprint density at radius 2 is 2.03 bits per heavy atom. The number of carbonyl (C=O) groups is 1. The normalized spacial score (nSPS) is 18.6. The molecule has 1 aliphatic carbocycles. The van der Waals surface area contributed by atoms with Gasteiger partial charge in [-0.2, -0.15) is 0 Å². The van der Waals surface area contributed by atoms with E-state index in [4.69, 9.17) is 14.5 Å². The molecule has 0 spiro atoms. The van der Waals surface area contributed by atoms with Crippen LogP contribution in [0.15, 0.2) is 28.4 Å². The van der Waals surface area contributed by atoms with Crippen molar-refractivity contribution in [1.82, 2.24) is 15.3 Å². The first-order valence-electron chi connectivity index (χ1n) is 10.9. The van der Waals surface area contributed by atoms with Gasteiger partial charge in [-0.1, -0.05) is 6.07 Å². The predicted octanol–water partition coefficient (Wildman–Crippen LogP) is 3.16. The van der Waals surface area contributed by atoms with Crippen molar-refractivity contribution in [3.8, 4) is 22.6 Å². The maximum atomic E-state index is 12.8. The Kier molecular flexibility index (Phi) is 5.50. The van der Waals surface area contributed by atoms with Gasteiger partial charge in [-0.25, -0.2) is 4.98 Å². The van der Waals surface area contributed by atoms with Crippen molar-refractivity contribution in [3.63, 3.8) is 0 Å². The quantitative estimate of drug-likeness (QED) is 0.594. The summed E-state index contributed by atoms with van der Waals surface area (Å²) in [6.45, 7) is 1.32. The number of fused-ring (bicyclic) bond motifs is 1. The summed E-state index contributed by atoms with van der Waals surface area (Å²) in [6.07, 6.45) is 3.89. The highest BCUT2D eigenvalue weighted by molar-refractivity contribution is 7.17. The van der Waals surface area contributed by atoms with Gasteiger partial charge in [0.2, 0.25) is 11.9 Å². The van der Waals surface area contributed by atoms with E-state index in [1.807, 2.05) is 28.5 Å². The number of thiophene rings is 1. The van der Waals surface area contributed by atoms with Gasteiger partial charge in [0.05, 0.1) is 25.7 Å². The fourth-order valence-electron chi connectivity index (χ4n) is 4.20. The van der Waals surface area contributed by atoms with E-state index in [0.29, 0.717) is 40.3 Å². The third-order valence-electron chi connectivity index (χ3n) is 6.12. The molecule has 168 valence electrons. The summed E-state index contributed by atoms with van der Waals surface area (Å²) in [5.74, 6) is 1.81. The molecule has 0 radical (unpaired) electrons. The van der Waals surface area contributed by atoms with E-state index in [-0.39, 0.29) is 17.4 Å². The summed E-state index contributed by atoms with van der Waals surface area (Å²) in [4.78, 5) is 35.2. The van der Waals surface area contributed by atoms with Gasteiger partial charge < -0.3 is 19.7 Å². The van der Waals surface area contributed by atoms with Crippen LogP contribution in [-0.4, -0.2) is 49.2 Å². The lowest BCUT2D eigenvalue weighted by molar-refractivity contribution is -0.125. The molecular weight excluding hydrogens is 428 g/mol. The average molecular weight is 455 g/mol. The molecule has 8 nitrogen and oxygen atoms in total. The Labute approximate surface area is 189 Å². The maximum absolute atomic E-state index is 12.8. The third-order valence-corrected chi connectivity index (χ3v) is 7.09. The topological polar surface area (TPSA) is 96.6 Å². The van der Waals surface area contributed by atoms with Gasteiger partial charge in [0.15, 0.2) is 11.5 Å². The predicted molar refractivity (Wildman–Crippen MR) is 125 cm³/mol. The van der Waals surface area contributed by atoms with Crippen LogP contribution >= 0.6 is 11.3 Å². The summed E-state index contributed by atoms with van der Waals surface area (Å²) in [6, 6.07) is 6.02. The summed E-state index contributed by atoms with van der Waals surface area (Å²) in [5.41, 5.74) is 2.27. The number of ether oxygens (including phenoxy) is 2. The van der Waals surface area contributed by atoms with E-state index in [1.54, 1.807) is 14.2 Å². The summed E-state index contributed by atoms with van der Waals surface area (Å²) < 4.78 is 11.4. The molecule has 1 amide bonds. The van der Waals surface area contributed by atoms with Crippen LogP contribution in [0, 0.1) is 5.92 Å². The molecule has 1 saturated heterocycles. The van der Waals surface area contributed by atoms with Gasteiger partial charge in [0.1, 0.15) is 4.70 Å². The number of piperidine rings is 1. The maximum Gasteiger partial charge on any atom is 0.270 e. The van der Waals surface area contributed by atoms with Gasteiger partial charge >= 0.3 is 0 Å².